The molecule has 4 heteroatoms. The molecule has 4 nitrogen and oxygen atoms in total. The highest BCUT2D eigenvalue weighted by Gasteiger charge is 2.04. The number of hydrogen-bond acceptors (Lipinski definition) is 3. The average Bonchev–Trinajstić information content (AvgIpc) is 2.81. The summed E-state index contributed by atoms with van der Waals surface area (Å²) in [5, 5.41) is 1.13. The third-order valence-electron chi connectivity index (χ3n) is 2.78. The summed E-state index contributed by atoms with van der Waals surface area (Å²) >= 11 is 0. The molecule has 0 saturated heterocycles. The molecule has 0 aliphatic heterocycles. The van der Waals surface area contributed by atoms with E-state index in [9.17, 15) is 0 Å². The van der Waals surface area contributed by atoms with Crippen molar-refractivity contribution >= 4 is 11.0 Å². The molecule has 0 saturated carbocycles. The Morgan fingerprint density at radius 1 is 1.25 bits per heavy atom. The first kappa shape index (κ1) is 13.9. The van der Waals surface area contributed by atoms with Gasteiger partial charge in [-0.1, -0.05) is 6.08 Å². The van der Waals surface area contributed by atoms with Crippen molar-refractivity contribution in [1.29, 1.82) is 0 Å². The summed E-state index contributed by atoms with van der Waals surface area (Å²) in [6.07, 6.45) is 7.38. The second-order valence-electron chi connectivity index (χ2n) is 4.46. The molecule has 0 aromatic carbocycles. The first-order valence-electron chi connectivity index (χ1n) is 6.44. The van der Waals surface area contributed by atoms with Gasteiger partial charge in [0, 0.05) is 36.6 Å². The third-order valence-corrected chi connectivity index (χ3v) is 2.78. The molecule has 0 atom stereocenters. The van der Waals surface area contributed by atoms with E-state index in [1.54, 1.807) is 12.3 Å². The number of fused-ring (bicyclic) bond motifs is 1. The van der Waals surface area contributed by atoms with E-state index >= 15 is 0 Å². The molecule has 0 fully saturated rings. The molecule has 20 heavy (non-hydrogen) atoms. The number of rotatable bonds is 1. The Morgan fingerprint density at radius 3 is 2.70 bits per heavy atom. The molecule has 0 amide bonds. The molecule has 0 aliphatic carbocycles. The van der Waals surface area contributed by atoms with Crippen molar-refractivity contribution in [3.05, 3.63) is 55.3 Å². The van der Waals surface area contributed by atoms with Crippen LogP contribution in [0.4, 0.5) is 0 Å². The van der Waals surface area contributed by atoms with Crippen LogP contribution in [0, 0.1) is 6.92 Å². The lowest BCUT2D eigenvalue weighted by Gasteiger charge is -2.02. The van der Waals surface area contributed by atoms with Crippen molar-refractivity contribution in [1.82, 2.24) is 19.5 Å². The first-order chi connectivity index (χ1) is 9.65. The fraction of sp³-hybridized carbons (Fsp3) is 0.188. The Morgan fingerprint density at radius 2 is 2.00 bits per heavy atom. The van der Waals surface area contributed by atoms with E-state index in [2.05, 4.69) is 33.7 Å². The van der Waals surface area contributed by atoms with Crippen LogP contribution in [0.2, 0.25) is 0 Å². The lowest BCUT2D eigenvalue weighted by atomic mass is 10.2. The maximum atomic E-state index is 4.45. The van der Waals surface area contributed by atoms with E-state index in [1.807, 2.05) is 43.9 Å². The number of aryl methyl sites for hydroxylation is 2. The van der Waals surface area contributed by atoms with Crippen LogP contribution in [0.1, 0.15) is 12.7 Å². The zero-order valence-corrected chi connectivity index (χ0v) is 12.0. The van der Waals surface area contributed by atoms with Gasteiger partial charge in [-0.3, -0.25) is 0 Å². The molecular weight excluding hydrogens is 248 g/mol. The van der Waals surface area contributed by atoms with Crippen molar-refractivity contribution in [3.8, 4) is 11.3 Å². The van der Waals surface area contributed by atoms with Crippen LogP contribution in [-0.4, -0.2) is 19.5 Å². The van der Waals surface area contributed by atoms with Crippen LogP contribution < -0.4 is 0 Å². The summed E-state index contributed by atoms with van der Waals surface area (Å²) in [5.41, 5.74) is 2.92. The second kappa shape index (κ2) is 6.10. The fourth-order valence-corrected chi connectivity index (χ4v) is 1.91. The van der Waals surface area contributed by atoms with Gasteiger partial charge in [0.2, 0.25) is 0 Å². The summed E-state index contributed by atoms with van der Waals surface area (Å²) in [5.74, 6) is 0.774. The lowest BCUT2D eigenvalue weighted by molar-refractivity contribution is 0.948. The Bertz CT molecular complexity index is 728. The van der Waals surface area contributed by atoms with E-state index < -0.39 is 0 Å². The molecule has 3 rings (SSSR count). The predicted octanol–water partition coefficient (Wildman–Crippen LogP) is 3.53. The van der Waals surface area contributed by atoms with Gasteiger partial charge in [-0.2, -0.15) is 0 Å². The molecule has 0 radical (unpaired) electrons. The van der Waals surface area contributed by atoms with Gasteiger partial charge in [0.15, 0.2) is 0 Å². The van der Waals surface area contributed by atoms with Gasteiger partial charge in [0.25, 0.3) is 0 Å². The Kier molecular flexibility index (Phi) is 4.25. The molecule has 0 spiro atoms. The molecule has 3 aromatic rings. The smallest absolute Gasteiger partial charge is 0.139 e. The van der Waals surface area contributed by atoms with Gasteiger partial charge in [-0.05, 0) is 32.0 Å². The van der Waals surface area contributed by atoms with Crippen molar-refractivity contribution in [2.24, 2.45) is 7.05 Å². The zero-order valence-electron chi connectivity index (χ0n) is 12.0. The summed E-state index contributed by atoms with van der Waals surface area (Å²) in [6.45, 7) is 7.14. The van der Waals surface area contributed by atoms with E-state index in [1.165, 1.54) is 0 Å². The van der Waals surface area contributed by atoms with Crippen LogP contribution >= 0.6 is 0 Å². The highest BCUT2D eigenvalue weighted by Crippen LogP contribution is 2.21. The Labute approximate surface area is 118 Å². The quantitative estimate of drug-likeness (QED) is 0.633. The minimum absolute atomic E-state index is 0.774. The van der Waals surface area contributed by atoms with Gasteiger partial charge in [0.05, 0.1) is 5.69 Å². The summed E-state index contributed by atoms with van der Waals surface area (Å²) in [4.78, 5) is 12.9. The fourth-order valence-electron chi connectivity index (χ4n) is 1.91. The first-order valence-corrected chi connectivity index (χ1v) is 6.44. The maximum absolute atomic E-state index is 4.45. The Balaban J connectivity index is 0.000000452. The van der Waals surface area contributed by atoms with Gasteiger partial charge in [-0.15, -0.1) is 6.58 Å². The van der Waals surface area contributed by atoms with Crippen LogP contribution in [-0.2, 0) is 7.05 Å². The highest BCUT2D eigenvalue weighted by molar-refractivity contribution is 5.81. The van der Waals surface area contributed by atoms with Gasteiger partial charge in [0.1, 0.15) is 11.5 Å². The normalized spacial score (nSPS) is 9.95. The van der Waals surface area contributed by atoms with Crippen molar-refractivity contribution in [3.63, 3.8) is 0 Å². The van der Waals surface area contributed by atoms with Crippen molar-refractivity contribution < 1.29 is 0 Å². The molecular formula is C16H18N4. The second-order valence-corrected chi connectivity index (χ2v) is 4.46. The predicted molar refractivity (Wildman–Crippen MR) is 82.3 cm³/mol. The molecule has 3 heterocycles. The van der Waals surface area contributed by atoms with Crippen molar-refractivity contribution in [2.45, 2.75) is 13.8 Å². The summed E-state index contributed by atoms with van der Waals surface area (Å²) in [7, 11) is 1.99. The number of aromatic nitrogens is 4. The van der Waals surface area contributed by atoms with E-state index in [-0.39, 0.29) is 0 Å². The topological polar surface area (TPSA) is 43.6 Å². The highest BCUT2D eigenvalue weighted by atomic mass is 15.0. The molecule has 102 valence electrons. The molecule has 0 bridgehead atoms. The van der Waals surface area contributed by atoms with Gasteiger partial charge >= 0.3 is 0 Å². The minimum Gasteiger partial charge on any atom is -0.336 e. The third kappa shape index (κ3) is 2.91. The van der Waals surface area contributed by atoms with Crippen LogP contribution in [0.15, 0.2) is 49.4 Å². The zero-order chi connectivity index (χ0) is 14.5. The molecule has 0 N–H and O–H groups in total. The van der Waals surface area contributed by atoms with Crippen LogP contribution in [0.25, 0.3) is 22.3 Å². The Hall–Kier alpha value is -2.49. The molecule has 0 unspecified atom stereocenters. The van der Waals surface area contributed by atoms with E-state index in [0.717, 1.165) is 28.1 Å². The standard InChI is InChI=1S/C13H12N4.C3H6/c1-9-14-5-3-12(16-9)11-7-10-4-6-17(2)13(10)15-8-11;1-3-2/h3-8H,1-2H3;3H,1H2,2H3. The number of pyridine rings is 1. The maximum Gasteiger partial charge on any atom is 0.139 e. The largest absolute Gasteiger partial charge is 0.336 e. The molecule has 0 aliphatic rings. The van der Waals surface area contributed by atoms with Crippen LogP contribution in [0.3, 0.4) is 0 Å². The van der Waals surface area contributed by atoms with Gasteiger partial charge in [-0.25, -0.2) is 15.0 Å². The summed E-state index contributed by atoms with van der Waals surface area (Å²) < 4.78 is 2.00. The van der Waals surface area contributed by atoms with E-state index in [0.29, 0.717) is 0 Å². The number of allylic oxidation sites excluding steroid dienone is 1. The molecule has 3 aromatic heterocycles. The minimum atomic E-state index is 0.774. The van der Waals surface area contributed by atoms with Crippen LogP contribution in [0.5, 0.6) is 0 Å². The number of hydrogen-bond donors (Lipinski definition) is 0. The van der Waals surface area contributed by atoms with E-state index in [4.69, 9.17) is 0 Å². The SMILES string of the molecule is C=CC.Cc1nccc(-c2cnc3c(ccn3C)c2)n1. The lowest BCUT2D eigenvalue weighted by Crippen LogP contribution is -1.92. The van der Waals surface area contributed by atoms with Gasteiger partial charge < -0.3 is 4.57 Å². The number of nitrogens with zero attached hydrogens (tertiary/aromatic N) is 4. The summed E-state index contributed by atoms with van der Waals surface area (Å²) in [6, 6.07) is 6.06. The average molecular weight is 266 g/mol. The van der Waals surface area contributed by atoms with Crippen molar-refractivity contribution in [2.75, 3.05) is 0 Å². The monoisotopic (exact) mass is 266 g/mol.